The maximum Gasteiger partial charge on any atom is 0.329 e. The lowest BCUT2D eigenvalue weighted by molar-refractivity contribution is -0.384. The van der Waals surface area contributed by atoms with Crippen LogP contribution in [0.5, 0.6) is 0 Å². The predicted molar refractivity (Wildman–Crippen MR) is 74.0 cm³/mol. The van der Waals surface area contributed by atoms with Crippen LogP contribution in [0.1, 0.15) is 30.1 Å². The zero-order valence-electron chi connectivity index (χ0n) is 11.3. The maximum absolute atomic E-state index is 11.5. The number of hydrogen-bond donors (Lipinski definition) is 3. The molecule has 8 nitrogen and oxygen atoms in total. The van der Waals surface area contributed by atoms with Crippen molar-refractivity contribution >= 4 is 23.3 Å². The van der Waals surface area contributed by atoms with Gasteiger partial charge in [0, 0.05) is 17.8 Å². The van der Waals surface area contributed by atoms with Crippen molar-refractivity contribution in [3.63, 3.8) is 0 Å². The standard InChI is InChI=1S/C13H15N3O5/c1-13(12(18)19,7-2-3-7)15-10-5-4-8(16(20)21)6-9(10)11(14)17/h4-7,15H,2-3H2,1H3,(H2,14,17)(H,18,19). The number of nitro groups is 1. The molecule has 0 aliphatic heterocycles. The van der Waals surface area contributed by atoms with Gasteiger partial charge in [0.1, 0.15) is 5.54 Å². The molecule has 1 aliphatic rings. The van der Waals surface area contributed by atoms with Crippen LogP contribution in [0.15, 0.2) is 18.2 Å². The van der Waals surface area contributed by atoms with Gasteiger partial charge in [0.25, 0.3) is 11.6 Å². The molecule has 1 amide bonds. The minimum absolute atomic E-state index is 0.0501. The fraction of sp³-hybridized carbons (Fsp3) is 0.385. The molecular formula is C13H15N3O5. The predicted octanol–water partition coefficient (Wildman–Crippen LogP) is 1.36. The smallest absolute Gasteiger partial charge is 0.329 e. The number of nitro benzene ring substituents is 1. The molecule has 1 fully saturated rings. The lowest BCUT2D eigenvalue weighted by Gasteiger charge is -2.28. The third kappa shape index (κ3) is 2.78. The second-order valence-electron chi connectivity index (χ2n) is 5.26. The van der Waals surface area contributed by atoms with Crippen molar-refractivity contribution in [1.82, 2.24) is 0 Å². The van der Waals surface area contributed by atoms with Crippen molar-refractivity contribution in [3.05, 3.63) is 33.9 Å². The van der Waals surface area contributed by atoms with Gasteiger partial charge in [-0.25, -0.2) is 4.79 Å². The number of nitrogens with two attached hydrogens (primary N) is 1. The minimum atomic E-state index is -1.24. The minimum Gasteiger partial charge on any atom is -0.480 e. The summed E-state index contributed by atoms with van der Waals surface area (Å²) in [6.07, 6.45) is 1.55. The van der Waals surface area contributed by atoms with E-state index in [1.54, 1.807) is 0 Å². The Bertz CT molecular complexity index is 626. The van der Waals surface area contributed by atoms with E-state index in [-0.39, 0.29) is 22.9 Å². The zero-order chi connectivity index (χ0) is 15.8. The molecule has 21 heavy (non-hydrogen) atoms. The lowest BCUT2D eigenvalue weighted by Crippen LogP contribution is -2.46. The molecule has 2 rings (SSSR count). The van der Waals surface area contributed by atoms with Gasteiger partial charge in [-0.05, 0) is 31.7 Å². The maximum atomic E-state index is 11.5. The summed E-state index contributed by atoms with van der Waals surface area (Å²) in [5.74, 6) is -1.95. The van der Waals surface area contributed by atoms with Gasteiger partial charge in [-0.1, -0.05) is 0 Å². The second kappa shape index (κ2) is 5.04. The number of non-ortho nitro benzene ring substituents is 1. The SMILES string of the molecule is CC(Nc1ccc([N+](=O)[O-])cc1C(N)=O)(C(=O)O)C1CC1. The molecule has 8 heteroatoms. The number of nitrogens with one attached hydrogen (secondary N) is 1. The molecule has 0 spiro atoms. The third-order valence-electron chi connectivity index (χ3n) is 3.71. The number of carbonyl (C=O) groups excluding carboxylic acids is 1. The summed E-state index contributed by atoms with van der Waals surface area (Å²) in [5, 5.41) is 22.9. The number of hydrogen-bond acceptors (Lipinski definition) is 5. The Morgan fingerprint density at radius 1 is 1.48 bits per heavy atom. The first-order chi connectivity index (χ1) is 9.75. The molecule has 0 saturated heterocycles. The van der Waals surface area contributed by atoms with Crippen LogP contribution < -0.4 is 11.1 Å². The Balaban J connectivity index is 2.41. The van der Waals surface area contributed by atoms with E-state index < -0.39 is 22.3 Å². The van der Waals surface area contributed by atoms with E-state index in [0.29, 0.717) is 0 Å². The average molecular weight is 293 g/mol. The van der Waals surface area contributed by atoms with Crippen LogP contribution in [-0.4, -0.2) is 27.4 Å². The monoisotopic (exact) mass is 293 g/mol. The van der Waals surface area contributed by atoms with E-state index in [2.05, 4.69) is 5.32 Å². The summed E-state index contributed by atoms with van der Waals surface area (Å²) in [6, 6.07) is 3.55. The van der Waals surface area contributed by atoms with Crippen molar-refractivity contribution in [2.75, 3.05) is 5.32 Å². The molecule has 112 valence electrons. The Labute approximate surface area is 120 Å². The van der Waals surface area contributed by atoms with Crippen molar-refractivity contribution in [2.24, 2.45) is 11.7 Å². The fourth-order valence-corrected chi connectivity index (χ4v) is 2.23. The highest BCUT2D eigenvalue weighted by atomic mass is 16.6. The lowest BCUT2D eigenvalue weighted by atomic mass is 9.94. The Morgan fingerprint density at radius 2 is 2.10 bits per heavy atom. The first-order valence-corrected chi connectivity index (χ1v) is 6.35. The molecule has 4 N–H and O–H groups in total. The zero-order valence-corrected chi connectivity index (χ0v) is 11.3. The number of amides is 1. The summed E-state index contributed by atoms with van der Waals surface area (Å²) < 4.78 is 0. The van der Waals surface area contributed by atoms with Crippen molar-refractivity contribution in [1.29, 1.82) is 0 Å². The summed E-state index contributed by atoms with van der Waals surface area (Å²) in [6.45, 7) is 1.53. The summed E-state index contributed by atoms with van der Waals surface area (Å²) in [4.78, 5) is 33.0. The van der Waals surface area contributed by atoms with Gasteiger partial charge in [-0.3, -0.25) is 14.9 Å². The summed E-state index contributed by atoms with van der Waals surface area (Å²) in [5.41, 5.74) is 3.79. The van der Waals surface area contributed by atoms with Crippen LogP contribution >= 0.6 is 0 Å². The Hall–Kier alpha value is -2.64. The van der Waals surface area contributed by atoms with Crippen LogP contribution in [0.3, 0.4) is 0 Å². The number of anilines is 1. The van der Waals surface area contributed by atoms with E-state index in [4.69, 9.17) is 5.73 Å². The summed E-state index contributed by atoms with van der Waals surface area (Å²) in [7, 11) is 0. The highest BCUT2D eigenvalue weighted by molar-refractivity contribution is 6.00. The molecule has 1 aromatic rings. The average Bonchev–Trinajstić information content (AvgIpc) is 3.22. The number of primary amides is 1. The van der Waals surface area contributed by atoms with Crippen molar-refractivity contribution in [3.8, 4) is 0 Å². The number of benzene rings is 1. The number of rotatable bonds is 6. The molecular weight excluding hydrogens is 278 g/mol. The van der Waals surface area contributed by atoms with Gasteiger partial charge in [0.15, 0.2) is 0 Å². The van der Waals surface area contributed by atoms with Gasteiger partial charge in [-0.15, -0.1) is 0 Å². The molecule has 1 atom stereocenters. The van der Waals surface area contributed by atoms with Crippen LogP contribution in [0, 0.1) is 16.0 Å². The quantitative estimate of drug-likeness (QED) is 0.535. The Kier molecular flexibility index (Phi) is 3.54. The van der Waals surface area contributed by atoms with Crippen LogP contribution in [-0.2, 0) is 4.79 Å². The van der Waals surface area contributed by atoms with E-state index in [9.17, 15) is 24.8 Å². The van der Waals surface area contributed by atoms with Gasteiger partial charge in [0.05, 0.1) is 10.5 Å². The van der Waals surface area contributed by atoms with Gasteiger partial charge < -0.3 is 16.2 Å². The molecule has 0 aromatic heterocycles. The molecule has 0 radical (unpaired) electrons. The van der Waals surface area contributed by atoms with E-state index in [1.807, 2.05) is 0 Å². The van der Waals surface area contributed by atoms with Crippen molar-refractivity contribution in [2.45, 2.75) is 25.3 Å². The first kappa shape index (κ1) is 14.8. The molecule has 0 bridgehead atoms. The third-order valence-corrected chi connectivity index (χ3v) is 3.71. The molecule has 1 unspecified atom stereocenters. The van der Waals surface area contributed by atoms with E-state index in [0.717, 1.165) is 18.9 Å². The van der Waals surface area contributed by atoms with Crippen LogP contribution in [0.2, 0.25) is 0 Å². The highest BCUT2D eigenvalue weighted by Gasteiger charge is 2.48. The second-order valence-corrected chi connectivity index (χ2v) is 5.26. The number of carboxylic acids is 1. The first-order valence-electron chi connectivity index (χ1n) is 6.35. The van der Waals surface area contributed by atoms with Crippen molar-refractivity contribution < 1.29 is 19.6 Å². The number of carbonyl (C=O) groups is 2. The molecule has 1 aromatic carbocycles. The number of aliphatic carboxylic acids is 1. The fourth-order valence-electron chi connectivity index (χ4n) is 2.23. The van der Waals surface area contributed by atoms with E-state index >= 15 is 0 Å². The van der Waals surface area contributed by atoms with Gasteiger partial charge in [0.2, 0.25) is 0 Å². The van der Waals surface area contributed by atoms with Crippen LogP contribution in [0.25, 0.3) is 0 Å². The normalized spacial score (nSPS) is 16.8. The topological polar surface area (TPSA) is 136 Å². The molecule has 1 saturated carbocycles. The van der Waals surface area contributed by atoms with Crippen LogP contribution in [0.4, 0.5) is 11.4 Å². The number of carboxylic acid groups (broad SMARTS) is 1. The summed E-state index contributed by atoms with van der Waals surface area (Å²) >= 11 is 0. The Morgan fingerprint density at radius 3 is 2.52 bits per heavy atom. The van der Waals surface area contributed by atoms with Gasteiger partial charge >= 0.3 is 5.97 Å². The highest BCUT2D eigenvalue weighted by Crippen LogP contribution is 2.42. The molecule has 0 heterocycles. The van der Waals surface area contributed by atoms with E-state index in [1.165, 1.54) is 19.1 Å². The molecule has 1 aliphatic carbocycles. The largest absolute Gasteiger partial charge is 0.480 e. The van der Waals surface area contributed by atoms with Gasteiger partial charge in [-0.2, -0.15) is 0 Å². The number of nitrogens with zero attached hydrogens (tertiary/aromatic N) is 1.